The van der Waals surface area contributed by atoms with E-state index >= 15 is 0 Å². The van der Waals surface area contributed by atoms with Gasteiger partial charge >= 0.3 is 6.18 Å². The zero-order valence-corrected chi connectivity index (χ0v) is 15.7. The van der Waals surface area contributed by atoms with Gasteiger partial charge in [-0.1, -0.05) is 15.9 Å². The van der Waals surface area contributed by atoms with Crippen LogP contribution in [0.15, 0.2) is 16.6 Å². The largest absolute Gasteiger partial charge is 0.389 e. The molecule has 0 saturated carbocycles. The molecule has 1 saturated heterocycles. The minimum atomic E-state index is -4.35. The zero-order valence-electron chi connectivity index (χ0n) is 12.5. The lowest BCUT2D eigenvalue weighted by molar-refractivity contribution is -0.138. The molecular weight excluding hydrogens is 442 g/mol. The summed E-state index contributed by atoms with van der Waals surface area (Å²) in [7, 11) is 0. The maximum Gasteiger partial charge on any atom is 0.389 e. The number of piperazine rings is 1. The number of nitrogens with one attached hydrogen (secondary N) is 1. The maximum atomic E-state index is 14.1. The van der Waals surface area contributed by atoms with Crippen molar-refractivity contribution in [3.63, 3.8) is 0 Å². The molecule has 0 aliphatic carbocycles. The van der Waals surface area contributed by atoms with Gasteiger partial charge in [-0.05, 0) is 18.6 Å². The van der Waals surface area contributed by atoms with E-state index in [0.717, 1.165) is 12.1 Å². The van der Waals surface area contributed by atoms with Crippen LogP contribution in [-0.2, 0) is 0 Å². The Kier molecular flexibility index (Phi) is 10.0. The van der Waals surface area contributed by atoms with Crippen molar-refractivity contribution >= 4 is 40.7 Å². The van der Waals surface area contributed by atoms with E-state index in [9.17, 15) is 22.0 Å². The van der Waals surface area contributed by atoms with Crippen molar-refractivity contribution in [2.45, 2.75) is 25.1 Å². The Hall–Kier alpha value is -0.150. The molecule has 0 aromatic heterocycles. The molecule has 24 heavy (non-hydrogen) atoms. The molecule has 0 bridgehead atoms. The van der Waals surface area contributed by atoms with Gasteiger partial charge in [0.25, 0.3) is 0 Å². The van der Waals surface area contributed by atoms with Crippen LogP contribution in [0.4, 0.5) is 22.0 Å². The Bertz CT molecular complexity index is 501. The average molecular weight is 460 g/mol. The van der Waals surface area contributed by atoms with Crippen LogP contribution >= 0.6 is 40.7 Å². The highest BCUT2D eigenvalue weighted by atomic mass is 79.9. The van der Waals surface area contributed by atoms with Crippen molar-refractivity contribution < 1.29 is 22.0 Å². The van der Waals surface area contributed by atoms with E-state index in [1.165, 1.54) is 0 Å². The van der Waals surface area contributed by atoms with E-state index in [0.29, 0.717) is 26.2 Å². The predicted octanol–water partition coefficient (Wildman–Crippen LogP) is 4.86. The Morgan fingerprint density at radius 1 is 1.08 bits per heavy atom. The van der Waals surface area contributed by atoms with E-state index in [1.807, 2.05) is 0 Å². The van der Waals surface area contributed by atoms with Gasteiger partial charge in [-0.3, -0.25) is 4.90 Å². The molecule has 10 heteroatoms. The number of hydrogen-bond acceptors (Lipinski definition) is 2. The van der Waals surface area contributed by atoms with Crippen molar-refractivity contribution in [2.24, 2.45) is 0 Å². The number of alkyl halides is 3. The second kappa shape index (κ2) is 10.1. The molecule has 1 aliphatic rings. The van der Waals surface area contributed by atoms with Crippen LogP contribution in [0.25, 0.3) is 0 Å². The van der Waals surface area contributed by atoms with Gasteiger partial charge in [0.15, 0.2) is 0 Å². The minimum Gasteiger partial charge on any atom is -0.314 e. The highest BCUT2D eigenvalue weighted by molar-refractivity contribution is 9.10. The van der Waals surface area contributed by atoms with Crippen molar-refractivity contribution in [2.75, 3.05) is 26.2 Å². The quantitative estimate of drug-likeness (QED) is 0.647. The summed E-state index contributed by atoms with van der Waals surface area (Å²) in [6, 6.07) is 1.25. The average Bonchev–Trinajstić information content (AvgIpc) is 2.41. The first kappa shape index (κ1) is 23.9. The monoisotopic (exact) mass is 458 g/mol. The summed E-state index contributed by atoms with van der Waals surface area (Å²) in [6.45, 7) is 2.08. The fourth-order valence-electron chi connectivity index (χ4n) is 2.68. The van der Waals surface area contributed by atoms with Crippen LogP contribution in [0.5, 0.6) is 0 Å². The van der Waals surface area contributed by atoms with Gasteiger partial charge in [-0.15, -0.1) is 24.8 Å². The number of hydrogen-bond donors (Lipinski definition) is 1. The SMILES string of the molecule is Cl.Cl.Fc1cc(Br)cc(F)c1[C@@H](CCC(F)(F)F)N1CCNCC1. The third-order valence-corrected chi connectivity index (χ3v) is 4.13. The van der Waals surface area contributed by atoms with Gasteiger partial charge in [-0.2, -0.15) is 13.2 Å². The molecule has 1 aromatic rings. The fourth-order valence-corrected chi connectivity index (χ4v) is 3.08. The first-order valence-corrected chi connectivity index (χ1v) is 7.73. The number of halogens is 8. The van der Waals surface area contributed by atoms with E-state index in [4.69, 9.17) is 0 Å². The minimum absolute atomic E-state index is 0. The number of nitrogens with zero attached hydrogens (tertiary/aromatic N) is 1. The predicted molar refractivity (Wildman–Crippen MR) is 91.0 cm³/mol. The first-order chi connectivity index (χ1) is 10.3. The van der Waals surface area contributed by atoms with Crippen LogP contribution in [0.2, 0.25) is 0 Å². The molecule has 1 N–H and O–H groups in total. The Balaban J connectivity index is 0.00000264. The molecule has 2 nitrogen and oxygen atoms in total. The zero-order chi connectivity index (χ0) is 16.3. The van der Waals surface area contributed by atoms with Crippen molar-refractivity contribution in [1.82, 2.24) is 10.2 Å². The van der Waals surface area contributed by atoms with E-state index < -0.39 is 30.3 Å². The van der Waals surface area contributed by atoms with Gasteiger partial charge in [0.05, 0.1) is 0 Å². The smallest absolute Gasteiger partial charge is 0.314 e. The van der Waals surface area contributed by atoms with Crippen LogP contribution in [0.3, 0.4) is 0 Å². The molecule has 2 rings (SSSR count). The normalized spacial score (nSPS) is 16.9. The summed E-state index contributed by atoms with van der Waals surface area (Å²) in [5.41, 5.74) is -0.283. The summed E-state index contributed by atoms with van der Waals surface area (Å²) in [5, 5.41) is 3.07. The Morgan fingerprint density at radius 3 is 2.04 bits per heavy atom. The second-order valence-electron chi connectivity index (χ2n) is 5.24. The third kappa shape index (κ3) is 6.63. The van der Waals surface area contributed by atoms with E-state index in [1.54, 1.807) is 4.90 Å². The van der Waals surface area contributed by atoms with E-state index in [-0.39, 0.29) is 41.3 Å². The van der Waals surface area contributed by atoms with Gasteiger partial charge in [0, 0.05) is 48.7 Å². The number of rotatable bonds is 4. The third-order valence-electron chi connectivity index (χ3n) is 3.67. The molecule has 1 heterocycles. The molecule has 140 valence electrons. The summed E-state index contributed by atoms with van der Waals surface area (Å²) in [5.74, 6) is -1.64. The lowest BCUT2D eigenvalue weighted by Gasteiger charge is -2.35. The van der Waals surface area contributed by atoms with E-state index in [2.05, 4.69) is 21.2 Å². The lowest BCUT2D eigenvalue weighted by atomic mass is 9.98. The van der Waals surface area contributed by atoms with Gasteiger partial charge in [0.1, 0.15) is 11.6 Å². The summed E-state index contributed by atoms with van der Waals surface area (Å²) >= 11 is 2.98. The fraction of sp³-hybridized carbons (Fsp3) is 0.571. The van der Waals surface area contributed by atoms with Gasteiger partial charge < -0.3 is 5.32 Å². The molecule has 1 fully saturated rings. The summed E-state index contributed by atoms with van der Waals surface area (Å²) in [4.78, 5) is 1.71. The highest BCUT2D eigenvalue weighted by Crippen LogP contribution is 2.35. The molecule has 1 aromatic carbocycles. The Morgan fingerprint density at radius 2 is 1.58 bits per heavy atom. The second-order valence-corrected chi connectivity index (χ2v) is 6.15. The van der Waals surface area contributed by atoms with Crippen molar-refractivity contribution in [1.29, 1.82) is 0 Å². The molecular formula is C14H18BrCl2F5N2. The standard InChI is InChI=1S/C14H16BrF5N2.2ClH/c15-9-7-10(16)13(11(17)8-9)12(1-2-14(18,19)20)22-5-3-21-4-6-22;;/h7-8,12,21H,1-6H2;2*1H/t12-;;/m1../s1. The molecule has 0 radical (unpaired) electrons. The van der Waals surface area contributed by atoms with Crippen LogP contribution in [-0.4, -0.2) is 37.3 Å². The maximum absolute atomic E-state index is 14.1. The van der Waals surface area contributed by atoms with Gasteiger partial charge in [-0.25, -0.2) is 8.78 Å². The van der Waals surface area contributed by atoms with Crippen LogP contribution < -0.4 is 5.32 Å². The molecule has 1 aliphatic heterocycles. The van der Waals surface area contributed by atoms with Crippen LogP contribution in [0.1, 0.15) is 24.4 Å². The van der Waals surface area contributed by atoms with Crippen molar-refractivity contribution in [3.8, 4) is 0 Å². The molecule has 0 spiro atoms. The molecule has 1 atom stereocenters. The molecule has 0 unspecified atom stereocenters. The summed E-state index contributed by atoms with van der Waals surface area (Å²) < 4.78 is 66.1. The van der Waals surface area contributed by atoms with Crippen LogP contribution in [0, 0.1) is 11.6 Å². The molecule has 0 amide bonds. The lowest BCUT2D eigenvalue weighted by Crippen LogP contribution is -2.45. The first-order valence-electron chi connectivity index (χ1n) is 6.94. The topological polar surface area (TPSA) is 15.3 Å². The van der Waals surface area contributed by atoms with Gasteiger partial charge in [0.2, 0.25) is 0 Å². The highest BCUT2D eigenvalue weighted by Gasteiger charge is 2.33. The summed E-state index contributed by atoms with van der Waals surface area (Å²) in [6.07, 6.45) is -5.79. The Labute approximate surface area is 158 Å². The van der Waals surface area contributed by atoms with Crippen molar-refractivity contribution in [3.05, 3.63) is 33.8 Å². The number of benzene rings is 1.